The first-order valence-corrected chi connectivity index (χ1v) is 10.6. The largest absolute Gasteiger partial charge is 0.491 e. The average molecular weight is 404 g/mol. The van der Waals surface area contributed by atoms with E-state index in [0.717, 1.165) is 11.8 Å². The first kappa shape index (κ1) is 23.4. The molecule has 0 spiro atoms. The minimum atomic E-state index is -3.79. The molecule has 0 aliphatic carbocycles. The van der Waals surface area contributed by atoms with Crippen molar-refractivity contribution in [3.05, 3.63) is 29.8 Å². The molecule has 27 heavy (non-hydrogen) atoms. The summed E-state index contributed by atoms with van der Waals surface area (Å²) in [6, 6.07) is 6.95. The SMILES string of the molecule is CCOCCOCCOc1ccc(CC(OS(C)(=O)=O)C(=O)OCC)cc1. The number of rotatable bonds is 14. The predicted molar refractivity (Wildman–Crippen MR) is 99.3 cm³/mol. The van der Waals surface area contributed by atoms with Crippen molar-refractivity contribution < 1.29 is 36.3 Å². The second-order valence-electron chi connectivity index (χ2n) is 5.55. The van der Waals surface area contributed by atoms with Crippen molar-refractivity contribution in [1.29, 1.82) is 0 Å². The van der Waals surface area contributed by atoms with Crippen LogP contribution in [0.4, 0.5) is 0 Å². The van der Waals surface area contributed by atoms with E-state index < -0.39 is 22.2 Å². The van der Waals surface area contributed by atoms with Gasteiger partial charge in [-0.25, -0.2) is 4.79 Å². The van der Waals surface area contributed by atoms with Crippen LogP contribution in [0.2, 0.25) is 0 Å². The van der Waals surface area contributed by atoms with Gasteiger partial charge in [-0.3, -0.25) is 4.18 Å². The van der Waals surface area contributed by atoms with Gasteiger partial charge in [0.25, 0.3) is 10.1 Å². The lowest BCUT2D eigenvalue weighted by molar-refractivity contribution is -0.151. The minimum absolute atomic E-state index is 0.0761. The molecule has 0 heterocycles. The summed E-state index contributed by atoms with van der Waals surface area (Å²) in [5.41, 5.74) is 0.719. The molecule has 0 bridgehead atoms. The van der Waals surface area contributed by atoms with Crippen LogP contribution in [0, 0.1) is 0 Å². The molecule has 0 radical (unpaired) electrons. The van der Waals surface area contributed by atoms with Crippen LogP contribution < -0.4 is 4.74 Å². The fourth-order valence-electron chi connectivity index (χ4n) is 2.12. The van der Waals surface area contributed by atoms with Crippen LogP contribution in [0.1, 0.15) is 19.4 Å². The number of hydrogen-bond donors (Lipinski definition) is 0. The fourth-order valence-corrected chi connectivity index (χ4v) is 2.69. The maximum absolute atomic E-state index is 11.9. The van der Waals surface area contributed by atoms with Crippen molar-refractivity contribution in [3.63, 3.8) is 0 Å². The highest BCUT2D eigenvalue weighted by Gasteiger charge is 2.25. The molecule has 0 aromatic heterocycles. The van der Waals surface area contributed by atoms with Crippen LogP contribution in [-0.4, -0.2) is 66.4 Å². The van der Waals surface area contributed by atoms with E-state index in [1.54, 1.807) is 31.2 Å². The molecule has 0 fully saturated rings. The van der Waals surface area contributed by atoms with Crippen molar-refractivity contribution in [2.24, 2.45) is 0 Å². The van der Waals surface area contributed by atoms with Crippen molar-refractivity contribution >= 4 is 16.1 Å². The molecule has 1 unspecified atom stereocenters. The van der Waals surface area contributed by atoms with Crippen LogP contribution in [0.25, 0.3) is 0 Å². The molecule has 0 aliphatic rings. The van der Waals surface area contributed by atoms with Crippen molar-refractivity contribution in [3.8, 4) is 5.75 Å². The van der Waals surface area contributed by atoms with E-state index >= 15 is 0 Å². The van der Waals surface area contributed by atoms with E-state index in [-0.39, 0.29) is 13.0 Å². The second kappa shape index (κ2) is 12.7. The molecule has 1 rings (SSSR count). The topological polar surface area (TPSA) is 97.4 Å². The lowest BCUT2D eigenvalue weighted by atomic mass is 10.1. The zero-order chi connectivity index (χ0) is 20.1. The van der Waals surface area contributed by atoms with Crippen LogP contribution in [0.15, 0.2) is 24.3 Å². The Labute approximate surface area is 160 Å². The van der Waals surface area contributed by atoms with Gasteiger partial charge in [-0.15, -0.1) is 0 Å². The van der Waals surface area contributed by atoms with Gasteiger partial charge in [0.15, 0.2) is 6.10 Å². The van der Waals surface area contributed by atoms with Crippen LogP contribution in [0.5, 0.6) is 5.75 Å². The van der Waals surface area contributed by atoms with Gasteiger partial charge in [-0.2, -0.15) is 8.42 Å². The Hall–Kier alpha value is -1.68. The van der Waals surface area contributed by atoms with E-state index in [0.29, 0.717) is 38.8 Å². The maximum atomic E-state index is 11.9. The third-order valence-electron chi connectivity index (χ3n) is 3.26. The molecule has 0 saturated carbocycles. The van der Waals surface area contributed by atoms with E-state index in [1.807, 2.05) is 6.92 Å². The van der Waals surface area contributed by atoms with Gasteiger partial charge in [0.2, 0.25) is 0 Å². The third kappa shape index (κ3) is 10.9. The van der Waals surface area contributed by atoms with Crippen LogP contribution >= 0.6 is 0 Å². The Morgan fingerprint density at radius 2 is 1.59 bits per heavy atom. The zero-order valence-corrected chi connectivity index (χ0v) is 16.8. The molecule has 8 nitrogen and oxygen atoms in total. The number of hydrogen-bond acceptors (Lipinski definition) is 8. The molecule has 0 aliphatic heterocycles. The van der Waals surface area contributed by atoms with Gasteiger partial charge in [0, 0.05) is 13.0 Å². The molecule has 0 amide bonds. The molecule has 0 N–H and O–H groups in total. The highest BCUT2D eigenvalue weighted by atomic mass is 32.2. The minimum Gasteiger partial charge on any atom is -0.491 e. The van der Waals surface area contributed by atoms with Crippen molar-refractivity contribution in [2.45, 2.75) is 26.4 Å². The first-order valence-electron chi connectivity index (χ1n) is 8.77. The normalized spacial score (nSPS) is 12.6. The molecular formula is C18H28O8S. The van der Waals surface area contributed by atoms with Gasteiger partial charge in [0.1, 0.15) is 12.4 Å². The summed E-state index contributed by atoms with van der Waals surface area (Å²) in [5, 5.41) is 0. The average Bonchev–Trinajstić information content (AvgIpc) is 2.61. The monoisotopic (exact) mass is 404 g/mol. The van der Waals surface area contributed by atoms with E-state index in [4.69, 9.17) is 23.1 Å². The van der Waals surface area contributed by atoms with Crippen molar-refractivity contribution in [1.82, 2.24) is 0 Å². The summed E-state index contributed by atoms with van der Waals surface area (Å²) in [5.74, 6) is -0.0728. The number of carbonyl (C=O) groups is 1. The summed E-state index contributed by atoms with van der Waals surface area (Å²) in [6.45, 7) is 6.29. The van der Waals surface area contributed by atoms with Gasteiger partial charge in [-0.1, -0.05) is 12.1 Å². The lowest BCUT2D eigenvalue weighted by Gasteiger charge is -2.15. The Balaban J connectivity index is 2.49. The fraction of sp³-hybridized carbons (Fsp3) is 0.611. The highest BCUT2D eigenvalue weighted by molar-refractivity contribution is 7.86. The van der Waals surface area contributed by atoms with E-state index in [9.17, 15) is 13.2 Å². The second-order valence-corrected chi connectivity index (χ2v) is 7.15. The third-order valence-corrected chi connectivity index (χ3v) is 3.84. The molecule has 9 heteroatoms. The molecule has 1 atom stereocenters. The van der Waals surface area contributed by atoms with Gasteiger partial charge in [-0.05, 0) is 31.5 Å². The zero-order valence-electron chi connectivity index (χ0n) is 16.0. The lowest BCUT2D eigenvalue weighted by Crippen LogP contribution is -2.31. The maximum Gasteiger partial charge on any atom is 0.337 e. The Morgan fingerprint density at radius 1 is 0.963 bits per heavy atom. The van der Waals surface area contributed by atoms with E-state index in [2.05, 4.69) is 0 Å². The summed E-state index contributed by atoms with van der Waals surface area (Å²) in [6.07, 6.45) is -0.246. The quantitative estimate of drug-likeness (QED) is 0.262. The smallest absolute Gasteiger partial charge is 0.337 e. The number of carbonyl (C=O) groups excluding carboxylic acids is 1. The molecular weight excluding hydrogens is 376 g/mol. The van der Waals surface area contributed by atoms with Gasteiger partial charge in [0.05, 0.1) is 32.7 Å². The summed E-state index contributed by atoms with van der Waals surface area (Å²) in [7, 11) is -3.79. The molecule has 0 saturated heterocycles. The standard InChI is InChI=1S/C18H28O8S/c1-4-22-10-11-23-12-13-25-16-8-6-15(7-9-16)14-17(18(19)24-5-2)26-27(3,20)21/h6-9,17H,4-5,10-14H2,1-3H3. The number of benzene rings is 1. The van der Waals surface area contributed by atoms with Crippen LogP contribution in [0.3, 0.4) is 0 Å². The number of ether oxygens (including phenoxy) is 4. The molecule has 1 aromatic rings. The Bertz CT molecular complexity index is 642. The first-order chi connectivity index (χ1) is 12.9. The van der Waals surface area contributed by atoms with E-state index in [1.165, 1.54) is 0 Å². The predicted octanol–water partition coefficient (Wildman–Crippen LogP) is 1.57. The molecule has 154 valence electrons. The molecule has 1 aromatic carbocycles. The van der Waals surface area contributed by atoms with Crippen LogP contribution in [-0.2, 0) is 39.7 Å². The Kier molecular flexibility index (Phi) is 11.0. The van der Waals surface area contributed by atoms with Gasteiger partial charge < -0.3 is 18.9 Å². The Morgan fingerprint density at radius 3 is 2.19 bits per heavy atom. The summed E-state index contributed by atoms with van der Waals surface area (Å²) in [4.78, 5) is 11.9. The summed E-state index contributed by atoms with van der Waals surface area (Å²) >= 11 is 0. The number of esters is 1. The van der Waals surface area contributed by atoms with Gasteiger partial charge >= 0.3 is 5.97 Å². The van der Waals surface area contributed by atoms with Crippen molar-refractivity contribution in [2.75, 3.05) is 45.9 Å². The highest BCUT2D eigenvalue weighted by Crippen LogP contribution is 2.16. The summed E-state index contributed by atoms with van der Waals surface area (Å²) < 4.78 is 48.5.